The predicted octanol–water partition coefficient (Wildman–Crippen LogP) is 3.01. The van der Waals surface area contributed by atoms with Crippen LogP contribution in [0.1, 0.15) is 34.6 Å². The Morgan fingerprint density at radius 2 is 1.60 bits per heavy atom. The summed E-state index contributed by atoms with van der Waals surface area (Å²) in [6, 6.07) is 7.52. The molecular formula is C19H25N5O. The van der Waals surface area contributed by atoms with Gasteiger partial charge in [-0.25, -0.2) is 9.97 Å². The van der Waals surface area contributed by atoms with Crippen LogP contribution in [-0.4, -0.2) is 43.1 Å². The number of carbonyl (C=O) groups is 1. The number of rotatable bonds is 4. The summed E-state index contributed by atoms with van der Waals surface area (Å²) in [4.78, 5) is 25.9. The number of amides is 1. The van der Waals surface area contributed by atoms with E-state index in [-0.39, 0.29) is 5.91 Å². The van der Waals surface area contributed by atoms with Gasteiger partial charge >= 0.3 is 0 Å². The third kappa shape index (κ3) is 3.73. The Kier molecular flexibility index (Phi) is 4.88. The summed E-state index contributed by atoms with van der Waals surface area (Å²) in [5, 5.41) is 2.97. The molecule has 1 fully saturated rings. The van der Waals surface area contributed by atoms with E-state index in [1.54, 1.807) is 0 Å². The van der Waals surface area contributed by atoms with Gasteiger partial charge in [-0.1, -0.05) is 0 Å². The first-order valence-corrected chi connectivity index (χ1v) is 8.64. The summed E-state index contributed by atoms with van der Waals surface area (Å²) in [5.74, 6) is 0.620. The van der Waals surface area contributed by atoms with Gasteiger partial charge in [0.2, 0.25) is 5.95 Å². The molecule has 0 saturated carbocycles. The zero-order chi connectivity index (χ0) is 18.0. The fourth-order valence-corrected chi connectivity index (χ4v) is 3.03. The lowest BCUT2D eigenvalue weighted by Gasteiger charge is -2.18. The van der Waals surface area contributed by atoms with Crippen LogP contribution in [-0.2, 0) is 0 Å². The Balaban J connectivity index is 1.78. The molecular weight excluding hydrogens is 314 g/mol. The Bertz CT molecular complexity index is 741. The Morgan fingerprint density at radius 1 is 1.04 bits per heavy atom. The molecule has 25 heavy (non-hydrogen) atoms. The summed E-state index contributed by atoms with van der Waals surface area (Å²) in [7, 11) is 3.95. The van der Waals surface area contributed by atoms with Gasteiger partial charge in [0.1, 0.15) is 0 Å². The third-order valence-corrected chi connectivity index (χ3v) is 4.53. The van der Waals surface area contributed by atoms with E-state index in [9.17, 15) is 4.79 Å². The van der Waals surface area contributed by atoms with Crippen molar-refractivity contribution in [2.75, 3.05) is 42.3 Å². The number of aryl methyl sites for hydroxylation is 2. The SMILES string of the molecule is Cc1nc(N2CCCC2)nc(C)c1NC(=O)c1ccc(N(C)C)cc1. The minimum absolute atomic E-state index is 0.144. The molecule has 0 atom stereocenters. The molecule has 0 bridgehead atoms. The van der Waals surface area contributed by atoms with Crippen molar-refractivity contribution in [3.63, 3.8) is 0 Å². The Labute approximate surface area is 148 Å². The number of hydrogen-bond donors (Lipinski definition) is 1. The maximum absolute atomic E-state index is 12.6. The van der Waals surface area contributed by atoms with Crippen LogP contribution in [0.15, 0.2) is 24.3 Å². The average molecular weight is 339 g/mol. The van der Waals surface area contributed by atoms with Crippen molar-refractivity contribution >= 4 is 23.2 Å². The maximum atomic E-state index is 12.6. The number of nitrogens with one attached hydrogen (secondary N) is 1. The van der Waals surface area contributed by atoms with Crippen LogP contribution in [0.2, 0.25) is 0 Å². The lowest BCUT2D eigenvalue weighted by Crippen LogP contribution is -2.22. The highest BCUT2D eigenvalue weighted by atomic mass is 16.1. The molecule has 1 aromatic heterocycles. The van der Waals surface area contributed by atoms with Gasteiger partial charge in [-0.3, -0.25) is 4.79 Å². The van der Waals surface area contributed by atoms with Crippen LogP contribution in [0.25, 0.3) is 0 Å². The molecule has 6 nitrogen and oxygen atoms in total. The molecule has 1 saturated heterocycles. The Morgan fingerprint density at radius 3 is 2.12 bits per heavy atom. The van der Waals surface area contributed by atoms with Crippen molar-refractivity contribution in [2.24, 2.45) is 0 Å². The number of benzene rings is 1. The van der Waals surface area contributed by atoms with Gasteiger partial charge in [0, 0.05) is 38.4 Å². The molecule has 1 N–H and O–H groups in total. The Hall–Kier alpha value is -2.63. The molecule has 0 radical (unpaired) electrons. The van der Waals surface area contributed by atoms with E-state index in [4.69, 9.17) is 0 Å². The predicted molar refractivity (Wildman–Crippen MR) is 102 cm³/mol. The second-order valence-electron chi connectivity index (χ2n) is 6.66. The van der Waals surface area contributed by atoms with Crippen LogP contribution in [0, 0.1) is 13.8 Å². The molecule has 0 aliphatic carbocycles. The largest absolute Gasteiger partial charge is 0.378 e. The smallest absolute Gasteiger partial charge is 0.255 e. The van der Waals surface area contributed by atoms with Gasteiger partial charge in [-0.15, -0.1) is 0 Å². The first kappa shape index (κ1) is 17.2. The molecule has 6 heteroatoms. The van der Waals surface area contributed by atoms with Crippen molar-refractivity contribution in [1.82, 2.24) is 9.97 Å². The van der Waals surface area contributed by atoms with Gasteiger partial charge in [-0.2, -0.15) is 0 Å². The number of nitrogens with zero attached hydrogens (tertiary/aromatic N) is 4. The van der Waals surface area contributed by atoms with Crippen LogP contribution in [0.3, 0.4) is 0 Å². The molecule has 1 aliphatic heterocycles. The molecule has 3 rings (SSSR count). The van der Waals surface area contributed by atoms with Crippen molar-refractivity contribution in [3.8, 4) is 0 Å². The second kappa shape index (κ2) is 7.09. The minimum Gasteiger partial charge on any atom is -0.378 e. The monoisotopic (exact) mass is 339 g/mol. The zero-order valence-electron chi connectivity index (χ0n) is 15.3. The van der Waals surface area contributed by atoms with E-state index in [0.29, 0.717) is 11.3 Å². The lowest BCUT2D eigenvalue weighted by molar-refractivity contribution is 0.102. The lowest BCUT2D eigenvalue weighted by atomic mass is 10.1. The summed E-state index contributed by atoms with van der Waals surface area (Å²) < 4.78 is 0. The molecule has 2 aromatic rings. The normalized spacial score (nSPS) is 13.8. The number of carbonyl (C=O) groups excluding carboxylic acids is 1. The topological polar surface area (TPSA) is 61.4 Å². The van der Waals surface area contributed by atoms with E-state index in [1.165, 1.54) is 12.8 Å². The van der Waals surface area contributed by atoms with Gasteiger partial charge in [0.15, 0.2) is 0 Å². The van der Waals surface area contributed by atoms with Crippen LogP contribution >= 0.6 is 0 Å². The van der Waals surface area contributed by atoms with Crippen LogP contribution < -0.4 is 15.1 Å². The van der Waals surface area contributed by atoms with Gasteiger partial charge in [0.05, 0.1) is 17.1 Å². The first-order chi connectivity index (χ1) is 12.0. The second-order valence-corrected chi connectivity index (χ2v) is 6.66. The minimum atomic E-state index is -0.144. The number of aromatic nitrogens is 2. The molecule has 1 aliphatic rings. The fraction of sp³-hybridized carbons (Fsp3) is 0.421. The van der Waals surface area contributed by atoms with Crippen molar-refractivity contribution in [2.45, 2.75) is 26.7 Å². The van der Waals surface area contributed by atoms with Crippen molar-refractivity contribution in [3.05, 3.63) is 41.2 Å². The number of anilines is 3. The van der Waals surface area contributed by atoms with E-state index in [0.717, 1.165) is 36.1 Å². The molecule has 0 unspecified atom stereocenters. The third-order valence-electron chi connectivity index (χ3n) is 4.53. The number of hydrogen-bond acceptors (Lipinski definition) is 5. The molecule has 1 aromatic carbocycles. The van der Waals surface area contributed by atoms with Crippen molar-refractivity contribution < 1.29 is 4.79 Å². The van der Waals surface area contributed by atoms with Crippen LogP contribution in [0.4, 0.5) is 17.3 Å². The van der Waals surface area contributed by atoms with Gasteiger partial charge in [0.25, 0.3) is 5.91 Å². The maximum Gasteiger partial charge on any atom is 0.255 e. The summed E-state index contributed by atoms with van der Waals surface area (Å²) >= 11 is 0. The highest BCUT2D eigenvalue weighted by molar-refractivity contribution is 6.05. The van der Waals surface area contributed by atoms with E-state index in [2.05, 4.69) is 20.2 Å². The van der Waals surface area contributed by atoms with E-state index >= 15 is 0 Å². The van der Waals surface area contributed by atoms with Crippen LogP contribution in [0.5, 0.6) is 0 Å². The van der Waals surface area contributed by atoms with Crippen molar-refractivity contribution in [1.29, 1.82) is 0 Å². The molecule has 132 valence electrons. The van der Waals surface area contributed by atoms with Gasteiger partial charge < -0.3 is 15.1 Å². The summed E-state index contributed by atoms with van der Waals surface area (Å²) in [5.41, 5.74) is 3.97. The molecule has 1 amide bonds. The first-order valence-electron chi connectivity index (χ1n) is 8.64. The quantitative estimate of drug-likeness (QED) is 0.928. The molecule has 2 heterocycles. The average Bonchev–Trinajstić information content (AvgIpc) is 3.12. The summed E-state index contributed by atoms with van der Waals surface area (Å²) in [6.45, 7) is 5.84. The van der Waals surface area contributed by atoms with Gasteiger partial charge in [-0.05, 0) is 51.0 Å². The van der Waals surface area contributed by atoms with E-state index in [1.807, 2.05) is 57.1 Å². The summed E-state index contributed by atoms with van der Waals surface area (Å²) in [6.07, 6.45) is 2.37. The zero-order valence-corrected chi connectivity index (χ0v) is 15.3. The van der Waals surface area contributed by atoms with E-state index < -0.39 is 0 Å². The standard InChI is InChI=1S/C19H25N5O/c1-13-17(14(2)21-19(20-13)24-11-5-6-12-24)22-18(25)15-7-9-16(10-8-15)23(3)4/h7-10H,5-6,11-12H2,1-4H3,(H,22,25). The highest BCUT2D eigenvalue weighted by Gasteiger charge is 2.18. The fourth-order valence-electron chi connectivity index (χ4n) is 3.03. The molecule has 0 spiro atoms. The highest BCUT2D eigenvalue weighted by Crippen LogP contribution is 2.23.